The van der Waals surface area contributed by atoms with Gasteiger partial charge in [-0.15, -0.1) is 0 Å². The van der Waals surface area contributed by atoms with Crippen molar-refractivity contribution in [1.29, 1.82) is 0 Å². The summed E-state index contributed by atoms with van der Waals surface area (Å²) >= 11 is 6.02. The molecule has 4 fully saturated rings. The number of amides is 3. The third-order valence-corrected chi connectivity index (χ3v) is 10.2. The fourth-order valence-electron chi connectivity index (χ4n) is 7.80. The van der Waals surface area contributed by atoms with Crippen LogP contribution in [0.5, 0.6) is 0 Å². The van der Waals surface area contributed by atoms with E-state index in [4.69, 9.17) is 16.3 Å². The monoisotopic (exact) mass is 539 g/mol. The number of benzene rings is 1. The molecule has 8 heteroatoms. The van der Waals surface area contributed by atoms with E-state index in [1.807, 2.05) is 17.1 Å². The van der Waals surface area contributed by atoms with E-state index in [9.17, 15) is 14.4 Å². The molecule has 0 aromatic heterocycles. The summed E-state index contributed by atoms with van der Waals surface area (Å²) in [5.74, 6) is -1.23. The lowest BCUT2D eigenvalue weighted by Crippen LogP contribution is -2.60. The smallest absolute Gasteiger partial charge is 0.246 e. The predicted octanol–water partition coefficient (Wildman–Crippen LogP) is 4.70. The molecule has 1 aromatic carbocycles. The lowest BCUT2D eigenvalue weighted by atomic mass is 9.74. The molecule has 38 heavy (non-hydrogen) atoms. The molecule has 3 aliphatic heterocycles. The zero-order chi connectivity index (χ0) is 26.6. The summed E-state index contributed by atoms with van der Waals surface area (Å²) in [6.45, 7) is 4.43. The van der Waals surface area contributed by atoms with E-state index >= 15 is 0 Å². The SMILES string of the molecule is C[C@H]1[C@H](C)CCC[C@@H]1N1C(=O)[C@@H]2[C@H](C(=O)Nc3ccc(Cl)cc3)[C@@H]3C=C[C@@]2(O3)[C@H]1C(=O)NC1CCCCC1. The van der Waals surface area contributed by atoms with E-state index in [2.05, 4.69) is 24.5 Å². The molecule has 8 atom stereocenters. The number of likely N-dealkylation sites (tertiary alicyclic amines) is 1. The number of nitrogens with zero attached hydrogens (tertiary/aromatic N) is 1. The number of hydrogen-bond acceptors (Lipinski definition) is 4. The highest BCUT2D eigenvalue weighted by molar-refractivity contribution is 6.30. The molecule has 0 unspecified atom stereocenters. The van der Waals surface area contributed by atoms with Crippen molar-refractivity contribution >= 4 is 35.0 Å². The van der Waals surface area contributed by atoms with Crippen LogP contribution in [0.4, 0.5) is 5.69 Å². The second kappa shape index (κ2) is 9.98. The number of carbonyl (C=O) groups excluding carboxylic acids is 3. The Balaban J connectivity index is 1.34. The summed E-state index contributed by atoms with van der Waals surface area (Å²) in [7, 11) is 0. The summed E-state index contributed by atoms with van der Waals surface area (Å²) in [4.78, 5) is 44.0. The van der Waals surface area contributed by atoms with Crippen molar-refractivity contribution in [2.45, 2.75) is 95.0 Å². The number of nitrogens with one attached hydrogen (secondary N) is 2. The highest BCUT2D eigenvalue weighted by Gasteiger charge is 2.73. The number of carbonyl (C=O) groups is 3. The standard InChI is InChI=1S/C30H38ClN3O4/c1-17-7-6-10-22(18(17)2)34-26(28(36)33-20-8-4-3-5-9-20)30-16-15-23(38-30)24(25(30)29(34)37)27(35)32-21-13-11-19(31)12-14-21/h11-18,20,22-26H,3-10H2,1-2H3,(H,32,35)(H,33,36)/t17-,18+,22+,23+,24-,25+,26-,30+/m1/s1. The molecule has 0 radical (unpaired) electrons. The summed E-state index contributed by atoms with van der Waals surface area (Å²) in [6, 6.07) is 6.23. The summed E-state index contributed by atoms with van der Waals surface area (Å²) in [5, 5.41) is 6.84. The Morgan fingerprint density at radius 3 is 2.47 bits per heavy atom. The van der Waals surface area contributed by atoms with Crippen LogP contribution in [-0.4, -0.2) is 52.5 Å². The minimum Gasteiger partial charge on any atom is -0.359 e. The largest absolute Gasteiger partial charge is 0.359 e. The maximum Gasteiger partial charge on any atom is 0.246 e. The van der Waals surface area contributed by atoms with E-state index < -0.39 is 29.6 Å². The van der Waals surface area contributed by atoms with Gasteiger partial charge in [0.2, 0.25) is 17.7 Å². The van der Waals surface area contributed by atoms with Crippen LogP contribution in [0.25, 0.3) is 0 Å². The number of hydrogen-bond donors (Lipinski definition) is 2. The van der Waals surface area contributed by atoms with E-state index in [-0.39, 0.29) is 35.7 Å². The topological polar surface area (TPSA) is 87.7 Å². The number of halogens is 1. The van der Waals surface area contributed by atoms with Crippen molar-refractivity contribution in [3.63, 3.8) is 0 Å². The van der Waals surface area contributed by atoms with Gasteiger partial charge in [0.1, 0.15) is 11.6 Å². The van der Waals surface area contributed by atoms with Gasteiger partial charge in [0.15, 0.2) is 0 Å². The van der Waals surface area contributed by atoms with Crippen molar-refractivity contribution in [3.05, 3.63) is 41.4 Å². The molecule has 2 N–H and O–H groups in total. The second-order valence-corrected chi connectivity index (χ2v) is 12.6. The first-order valence-corrected chi connectivity index (χ1v) is 14.7. The zero-order valence-corrected chi connectivity index (χ0v) is 23.0. The van der Waals surface area contributed by atoms with Crippen LogP contribution in [0.2, 0.25) is 5.02 Å². The van der Waals surface area contributed by atoms with Gasteiger partial charge < -0.3 is 20.3 Å². The number of ether oxygens (including phenoxy) is 1. The molecule has 2 saturated heterocycles. The van der Waals surface area contributed by atoms with Gasteiger partial charge in [-0.05, 0) is 55.4 Å². The van der Waals surface area contributed by atoms with Crippen LogP contribution in [0.3, 0.4) is 0 Å². The summed E-state index contributed by atoms with van der Waals surface area (Å²) in [5.41, 5.74) is -0.507. The Kier molecular flexibility index (Phi) is 6.79. The Morgan fingerprint density at radius 2 is 1.74 bits per heavy atom. The first-order valence-electron chi connectivity index (χ1n) is 14.4. The Bertz CT molecular complexity index is 1130. The van der Waals surface area contributed by atoms with Gasteiger partial charge in [0.25, 0.3) is 0 Å². The second-order valence-electron chi connectivity index (χ2n) is 12.1. The molecule has 7 nitrogen and oxygen atoms in total. The average molecular weight is 540 g/mol. The van der Waals surface area contributed by atoms with Gasteiger partial charge in [-0.3, -0.25) is 14.4 Å². The summed E-state index contributed by atoms with van der Waals surface area (Å²) in [6.07, 6.45) is 11.6. The number of fused-ring (bicyclic) bond motifs is 1. The highest BCUT2D eigenvalue weighted by Crippen LogP contribution is 2.56. The van der Waals surface area contributed by atoms with Crippen LogP contribution in [0.1, 0.15) is 65.2 Å². The van der Waals surface area contributed by atoms with Gasteiger partial charge in [0.05, 0.1) is 17.9 Å². The highest BCUT2D eigenvalue weighted by atomic mass is 35.5. The van der Waals surface area contributed by atoms with Gasteiger partial charge in [0, 0.05) is 22.8 Å². The molecular weight excluding hydrogens is 502 g/mol. The third kappa shape index (κ3) is 4.17. The summed E-state index contributed by atoms with van der Waals surface area (Å²) < 4.78 is 6.53. The van der Waals surface area contributed by atoms with Gasteiger partial charge in [-0.1, -0.05) is 69.7 Å². The predicted molar refractivity (Wildman–Crippen MR) is 145 cm³/mol. The van der Waals surface area contributed by atoms with Gasteiger partial charge in [-0.25, -0.2) is 0 Å². The van der Waals surface area contributed by atoms with Crippen LogP contribution < -0.4 is 10.6 Å². The lowest BCUT2D eigenvalue weighted by Gasteiger charge is -2.44. The first kappa shape index (κ1) is 25.9. The van der Waals surface area contributed by atoms with Crippen molar-refractivity contribution in [2.24, 2.45) is 23.7 Å². The van der Waals surface area contributed by atoms with Crippen molar-refractivity contribution in [1.82, 2.24) is 10.2 Å². The minimum absolute atomic E-state index is 0.0515. The molecule has 3 amide bonds. The molecule has 2 aliphatic carbocycles. The van der Waals surface area contributed by atoms with Crippen LogP contribution in [0, 0.1) is 23.7 Å². The van der Waals surface area contributed by atoms with E-state index in [0.717, 1.165) is 44.9 Å². The molecule has 2 saturated carbocycles. The van der Waals surface area contributed by atoms with Crippen molar-refractivity contribution < 1.29 is 19.1 Å². The van der Waals surface area contributed by atoms with Crippen molar-refractivity contribution in [3.8, 4) is 0 Å². The minimum atomic E-state index is -1.12. The van der Waals surface area contributed by atoms with Crippen LogP contribution >= 0.6 is 11.6 Å². The lowest BCUT2D eigenvalue weighted by molar-refractivity contribution is -0.146. The van der Waals surface area contributed by atoms with Gasteiger partial charge in [-0.2, -0.15) is 0 Å². The molecule has 204 valence electrons. The quantitative estimate of drug-likeness (QED) is 0.531. The molecular formula is C30H38ClN3O4. The van der Waals surface area contributed by atoms with E-state index in [1.54, 1.807) is 24.3 Å². The fraction of sp³-hybridized carbons (Fsp3) is 0.633. The maximum atomic E-state index is 14.4. The average Bonchev–Trinajstić information content (AvgIpc) is 3.55. The third-order valence-electron chi connectivity index (χ3n) is 9.95. The normalized spacial score (nSPS) is 38.3. The zero-order valence-electron chi connectivity index (χ0n) is 22.2. The molecule has 5 aliphatic rings. The Labute approximate surface area is 229 Å². The van der Waals surface area contributed by atoms with E-state index in [1.165, 1.54) is 6.42 Å². The van der Waals surface area contributed by atoms with Crippen molar-refractivity contribution in [2.75, 3.05) is 5.32 Å². The Morgan fingerprint density at radius 1 is 1.00 bits per heavy atom. The van der Waals surface area contributed by atoms with Crippen LogP contribution in [-0.2, 0) is 19.1 Å². The first-order chi connectivity index (χ1) is 18.3. The van der Waals surface area contributed by atoms with E-state index in [0.29, 0.717) is 16.6 Å². The fourth-order valence-corrected chi connectivity index (χ4v) is 7.92. The van der Waals surface area contributed by atoms with Crippen LogP contribution in [0.15, 0.2) is 36.4 Å². The van der Waals surface area contributed by atoms with Gasteiger partial charge >= 0.3 is 0 Å². The maximum absolute atomic E-state index is 14.4. The number of rotatable bonds is 5. The molecule has 1 aromatic rings. The number of anilines is 1. The molecule has 6 rings (SSSR count). The molecule has 2 bridgehead atoms. The Hall–Kier alpha value is -2.38. The molecule has 1 spiro atoms. The molecule has 3 heterocycles.